The van der Waals surface area contributed by atoms with Crippen molar-refractivity contribution in [2.45, 2.75) is 77.7 Å². The third kappa shape index (κ3) is 8.48. The molecule has 1 rings (SSSR count). The molecule has 1 saturated carbocycles. The summed E-state index contributed by atoms with van der Waals surface area (Å²) >= 11 is 0. The summed E-state index contributed by atoms with van der Waals surface area (Å²) in [4.78, 5) is 22.7. The van der Waals surface area contributed by atoms with Crippen LogP contribution in [0.1, 0.15) is 71.6 Å². The molecule has 0 bridgehead atoms. The maximum atomic E-state index is 12.3. The van der Waals surface area contributed by atoms with Crippen molar-refractivity contribution < 1.29 is 19.8 Å². The van der Waals surface area contributed by atoms with Crippen molar-refractivity contribution >= 4 is 11.8 Å². The third-order valence-electron chi connectivity index (χ3n) is 5.04. The van der Waals surface area contributed by atoms with Crippen molar-refractivity contribution in [3.05, 3.63) is 24.3 Å². The molecule has 0 heterocycles. The zero-order valence-corrected chi connectivity index (χ0v) is 15.7. The highest BCUT2D eigenvalue weighted by molar-refractivity contribution is 5.84. The summed E-state index contributed by atoms with van der Waals surface area (Å²) in [6.07, 6.45) is 14.5. The van der Waals surface area contributed by atoms with Crippen molar-refractivity contribution in [3.8, 4) is 0 Å². The van der Waals surface area contributed by atoms with Gasteiger partial charge in [-0.25, -0.2) is 0 Å². The molecule has 0 spiro atoms. The number of carbonyl (C=O) groups excluding carboxylic acids is 1. The van der Waals surface area contributed by atoms with Gasteiger partial charge in [-0.1, -0.05) is 57.4 Å². The summed E-state index contributed by atoms with van der Waals surface area (Å²) in [7, 11) is 0. The van der Waals surface area contributed by atoms with Gasteiger partial charge in [0.1, 0.15) is 5.78 Å². The van der Waals surface area contributed by atoms with Gasteiger partial charge in [-0.2, -0.15) is 0 Å². The van der Waals surface area contributed by atoms with E-state index in [0.717, 1.165) is 32.1 Å². The number of aliphatic hydroxyl groups is 1. The molecular weight excluding hydrogens is 316 g/mol. The van der Waals surface area contributed by atoms with Crippen LogP contribution in [0.15, 0.2) is 24.3 Å². The van der Waals surface area contributed by atoms with Crippen molar-refractivity contribution in [1.82, 2.24) is 0 Å². The highest BCUT2D eigenvalue weighted by Gasteiger charge is 2.37. The van der Waals surface area contributed by atoms with E-state index in [9.17, 15) is 14.7 Å². The number of aliphatic carboxylic acids is 1. The predicted octanol–water partition coefficient (Wildman–Crippen LogP) is 4.53. The van der Waals surface area contributed by atoms with Gasteiger partial charge in [0, 0.05) is 18.8 Å². The van der Waals surface area contributed by atoms with Crippen molar-refractivity contribution in [2.24, 2.45) is 17.8 Å². The Morgan fingerprint density at radius 2 is 2.04 bits per heavy atom. The van der Waals surface area contributed by atoms with Crippen LogP contribution in [0.2, 0.25) is 0 Å². The lowest BCUT2D eigenvalue weighted by Crippen LogP contribution is -2.15. The second-order valence-corrected chi connectivity index (χ2v) is 7.27. The number of unbranched alkanes of at least 4 members (excludes halogenated alkanes) is 3. The molecule has 4 unspecified atom stereocenters. The molecule has 0 saturated heterocycles. The van der Waals surface area contributed by atoms with Gasteiger partial charge < -0.3 is 10.2 Å². The van der Waals surface area contributed by atoms with Gasteiger partial charge in [0.25, 0.3) is 0 Å². The Morgan fingerprint density at radius 1 is 1.28 bits per heavy atom. The molecule has 142 valence electrons. The lowest BCUT2D eigenvalue weighted by atomic mass is 9.87. The lowest BCUT2D eigenvalue weighted by molar-refractivity contribution is -0.137. The molecule has 1 fully saturated rings. The van der Waals surface area contributed by atoms with E-state index in [4.69, 9.17) is 5.11 Å². The minimum Gasteiger partial charge on any atom is -0.481 e. The number of carbonyl (C=O) groups is 2. The number of rotatable bonds is 12. The van der Waals surface area contributed by atoms with E-state index in [1.165, 1.54) is 0 Å². The zero-order valence-electron chi connectivity index (χ0n) is 15.7. The summed E-state index contributed by atoms with van der Waals surface area (Å²) in [6, 6.07) is 0. The molecule has 0 radical (unpaired) electrons. The molecule has 1 aliphatic carbocycles. The molecule has 0 amide bonds. The molecular formula is C21H34O4. The van der Waals surface area contributed by atoms with Gasteiger partial charge in [0.15, 0.2) is 0 Å². The monoisotopic (exact) mass is 350 g/mol. The molecule has 0 aromatic carbocycles. The van der Waals surface area contributed by atoms with Crippen LogP contribution in [0.5, 0.6) is 0 Å². The molecule has 4 atom stereocenters. The maximum Gasteiger partial charge on any atom is 0.303 e. The van der Waals surface area contributed by atoms with E-state index >= 15 is 0 Å². The number of hydrogen-bond acceptors (Lipinski definition) is 3. The first-order valence-corrected chi connectivity index (χ1v) is 9.71. The van der Waals surface area contributed by atoms with E-state index in [-0.39, 0.29) is 18.3 Å². The van der Waals surface area contributed by atoms with Crippen LogP contribution < -0.4 is 0 Å². The molecule has 4 heteroatoms. The average molecular weight is 350 g/mol. The van der Waals surface area contributed by atoms with Crippen molar-refractivity contribution in [2.75, 3.05) is 0 Å². The van der Waals surface area contributed by atoms with Crippen molar-refractivity contribution in [3.63, 3.8) is 0 Å². The highest BCUT2D eigenvalue weighted by atomic mass is 16.4. The molecule has 1 aliphatic rings. The largest absolute Gasteiger partial charge is 0.481 e. The summed E-state index contributed by atoms with van der Waals surface area (Å²) in [5, 5.41) is 18.7. The number of allylic oxidation sites excluding steroid dienone is 3. The van der Waals surface area contributed by atoms with Gasteiger partial charge in [-0.3, -0.25) is 9.59 Å². The minimum absolute atomic E-state index is 0.00943. The molecule has 0 aliphatic heterocycles. The Bertz CT molecular complexity index is 467. The summed E-state index contributed by atoms with van der Waals surface area (Å²) in [5.41, 5.74) is 0. The van der Waals surface area contributed by atoms with Crippen molar-refractivity contribution in [1.29, 1.82) is 0 Å². The molecule has 0 aromatic heterocycles. The Morgan fingerprint density at radius 3 is 2.72 bits per heavy atom. The van der Waals surface area contributed by atoms with Crippen LogP contribution in [0.4, 0.5) is 0 Å². The molecule has 0 aromatic rings. The first-order valence-electron chi connectivity index (χ1n) is 9.71. The quantitative estimate of drug-likeness (QED) is 0.401. The van der Waals surface area contributed by atoms with Gasteiger partial charge in [0.2, 0.25) is 0 Å². The topological polar surface area (TPSA) is 74.6 Å². The minimum atomic E-state index is -0.768. The summed E-state index contributed by atoms with van der Waals surface area (Å²) in [6.45, 7) is 4.25. The fraction of sp³-hybridized carbons (Fsp3) is 0.714. The predicted molar refractivity (Wildman–Crippen MR) is 100 cm³/mol. The zero-order chi connectivity index (χ0) is 18.7. The number of aliphatic hydroxyl groups excluding tert-OH is 1. The third-order valence-corrected chi connectivity index (χ3v) is 5.04. The summed E-state index contributed by atoms with van der Waals surface area (Å²) < 4.78 is 0. The van der Waals surface area contributed by atoms with Crippen LogP contribution >= 0.6 is 0 Å². The fourth-order valence-electron chi connectivity index (χ4n) is 3.52. The highest BCUT2D eigenvalue weighted by Crippen LogP contribution is 2.37. The van der Waals surface area contributed by atoms with Gasteiger partial charge in [-0.05, 0) is 37.5 Å². The summed E-state index contributed by atoms with van der Waals surface area (Å²) in [5.74, 6) is 0.0347. The standard InChI is InChI=1S/C21H34O4/c1-3-4-7-10-17(22)13-14-18-16(2)15-20(23)19(18)11-8-5-6-9-12-21(24)25/h5,8,13-14,16-19,22H,3-4,6-7,9-12,15H2,1-2H3,(H,24,25). The van der Waals surface area contributed by atoms with Crippen LogP contribution in [0.3, 0.4) is 0 Å². The number of Topliss-reactive ketones (excluding diaryl/α,β-unsaturated/α-hetero) is 1. The van der Waals surface area contributed by atoms with Gasteiger partial charge in [-0.15, -0.1) is 0 Å². The molecule has 4 nitrogen and oxygen atoms in total. The Kier molecular flexibility index (Phi) is 10.4. The Balaban J connectivity index is 2.48. The normalized spacial score (nSPS) is 25.2. The first-order chi connectivity index (χ1) is 12.0. The van der Waals surface area contributed by atoms with E-state index < -0.39 is 12.1 Å². The SMILES string of the molecule is CCCCCC(O)C=CC1C(C)CC(=O)C1CC=CCCCC(=O)O. The maximum absolute atomic E-state index is 12.3. The van der Waals surface area contributed by atoms with E-state index in [1.807, 2.05) is 18.2 Å². The number of carboxylic acids is 1. The van der Waals surface area contributed by atoms with E-state index in [2.05, 4.69) is 19.9 Å². The molecule has 25 heavy (non-hydrogen) atoms. The number of carboxylic acid groups (broad SMARTS) is 1. The second kappa shape index (κ2) is 12.0. The second-order valence-electron chi connectivity index (χ2n) is 7.27. The fourth-order valence-corrected chi connectivity index (χ4v) is 3.52. The van der Waals surface area contributed by atoms with E-state index in [0.29, 0.717) is 31.0 Å². The number of ketones is 1. The number of hydrogen-bond donors (Lipinski definition) is 2. The Hall–Kier alpha value is -1.42. The van der Waals surface area contributed by atoms with Gasteiger partial charge >= 0.3 is 5.97 Å². The Labute approximate surface area is 152 Å². The average Bonchev–Trinajstić information content (AvgIpc) is 2.82. The van der Waals surface area contributed by atoms with Crippen LogP contribution in [-0.4, -0.2) is 28.1 Å². The van der Waals surface area contributed by atoms with Crippen LogP contribution in [0, 0.1) is 17.8 Å². The van der Waals surface area contributed by atoms with Gasteiger partial charge in [0.05, 0.1) is 6.10 Å². The van der Waals surface area contributed by atoms with E-state index in [1.54, 1.807) is 0 Å². The molecule has 2 N–H and O–H groups in total. The lowest BCUT2D eigenvalue weighted by Gasteiger charge is -2.17. The smallest absolute Gasteiger partial charge is 0.303 e. The van der Waals surface area contributed by atoms with Crippen LogP contribution in [0.25, 0.3) is 0 Å². The van der Waals surface area contributed by atoms with Crippen LogP contribution in [-0.2, 0) is 9.59 Å². The first kappa shape index (κ1) is 21.6.